The summed E-state index contributed by atoms with van der Waals surface area (Å²) < 4.78 is 0. The zero-order chi connectivity index (χ0) is 10.4. The molecule has 0 amide bonds. The van der Waals surface area contributed by atoms with Crippen LogP contribution in [0.5, 0.6) is 0 Å². The lowest BCUT2D eigenvalue weighted by Gasteiger charge is -2.26. The maximum absolute atomic E-state index is 9.82. The normalized spacial score (nSPS) is 18.7. The van der Waals surface area contributed by atoms with Gasteiger partial charge in [-0.15, -0.1) is 0 Å². The molecule has 0 rings (SSSR count). The average Bonchev–Trinajstić information content (AvgIpc) is 1.97. The Kier molecular flexibility index (Phi) is 6.35. The second-order valence-corrected chi connectivity index (χ2v) is 4.39. The minimum absolute atomic E-state index is 0.0485. The fourth-order valence-electron chi connectivity index (χ4n) is 1.75. The third-order valence-electron chi connectivity index (χ3n) is 2.45. The summed E-state index contributed by atoms with van der Waals surface area (Å²) in [4.78, 5) is 0. The van der Waals surface area contributed by atoms with Crippen molar-refractivity contribution in [2.75, 3.05) is 0 Å². The Morgan fingerprint density at radius 2 is 1.62 bits per heavy atom. The highest BCUT2D eigenvalue weighted by Crippen LogP contribution is 2.21. The molecule has 0 aromatic rings. The maximum atomic E-state index is 9.82. The topological polar surface area (TPSA) is 40.5 Å². The van der Waals surface area contributed by atoms with E-state index in [1.807, 2.05) is 0 Å². The molecular formula is C11H24O2. The standard InChI is InChI=1S/C11H24O2/c1-5-6-10(9(4)12)11(13)7-8(2)3/h8-13H,5-7H2,1-4H3. The summed E-state index contributed by atoms with van der Waals surface area (Å²) in [6.07, 6.45) is 1.97. The van der Waals surface area contributed by atoms with E-state index in [0.717, 1.165) is 19.3 Å². The van der Waals surface area contributed by atoms with Crippen LogP contribution in [0.15, 0.2) is 0 Å². The van der Waals surface area contributed by atoms with E-state index in [9.17, 15) is 10.2 Å². The molecule has 0 fully saturated rings. The lowest BCUT2D eigenvalue weighted by molar-refractivity contribution is 0.00652. The summed E-state index contributed by atoms with van der Waals surface area (Å²) in [5, 5.41) is 19.3. The lowest BCUT2D eigenvalue weighted by atomic mass is 9.87. The van der Waals surface area contributed by atoms with Crippen LogP contribution >= 0.6 is 0 Å². The van der Waals surface area contributed by atoms with Gasteiger partial charge in [0.25, 0.3) is 0 Å². The van der Waals surface area contributed by atoms with Gasteiger partial charge in [0, 0.05) is 5.92 Å². The Hall–Kier alpha value is -0.0800. The van der Waals surface area contributed by atoms with Gasteiger partial charge in [-0.1, -0.05) is 27.2 Å². The molecule has 0 spiro atoms. The van der Waals surface area contributed by atoms with Crippen LogP contribution in [-0.4, -0.2) is 22.4 Å². The summed E-state index contributed by atoms with van der Waals surface area (Å²) in [6.45, 7) is 8.03. The van der Waals surface area contributed by atoms with E-state index in [1.54, 1.807) is 6.92 Å². The van der Waals surface area contributed by atoms with Gasteiger partial charge < -0.3 is 10.2 Å². The highest BCUT2D eigenvalue weighted by atomic mass is 16.3. The van der Waals surface area contributed by atoms with Gasteiger partial charge in [0.2, 0.25) is 0 Å². The Balaban J connectivity index is 4.02. The predicted molar refractivity (Wildman–Crippen MR) is 55.5 cm³/mol. The van der Waals surface area contributed by atoms with Crippen LogP contribution in [0.25, 0.3) is 0 Å². The Labute approximate surface area is 82.0 Å². The van der Waals surface area contributed by atoms with Crippen molar-refractivity contribution < 1.29 is 10.2 Å². The summed E-state index contributed by atoms with van der Waals surface area (Å²) in [5.41, 5.74) is 0. The zero-order valence-corrected chi connectivity index (χ0v) is 9.33. The maximum Gasteiger partial charge on any atom is 0.0595 e. The first-order valence-electron chi connectivity index (χ1n) is 5.35. The van der Waals surface area contributed by atoms with E-state index in [0.29, 0.717) is 5.92 Å². The van der Waals surface area contributed by atoms with E-state index in [2.05, 4.69) is 20.8 Å². The van der Waals surface area contributed by atoms with Crippen molar-refractivity contribution >= 4 is 0 Å². The van der Waals surface area contributed by atoms with Crippen LogP contribution < -0.4 is 0 Å². The number of hydrogen-bond donors (Lipinski definition) is 2. The van der Waals surface area contributed by atoms with Crippen molar-refractivity contribution in [3.8, 4) is 0 Å². The molecule has 0 radical (unpaired) electrons. The van der Waals surface area contributed by atoms with Crippen LogP contribution in [0.3, 0.4) is 0 Å². The smallest absolute Gasteiger partial charge is 0.0595 e. The fraction of sp³-hybridized carbons (Fsp3) is 1.00. The highest BCUT2D eigenvalue weighted by molar-refractivity contribution is 4.74. The van der Waals surface area contributed by atoms with Gasteiger partial charge in [-0.2, -0.15) is 0 Å². The molecule has 0 aromatic heterocycles. The first-order valence-corrected chi connectivity index (χ1v) is 5.35. The summed E-state index contributed by atoms with van der Waals surface area (Å²) in [7, 11) is 0. The summed E-state index contributed by atoms with van der Waals surface area (Å²) in [6, 6.07) is 0. The van der Waals surface area contributed by atoms with Crippen molar-refractivity contribution in [1.29, 1.82) is 0 Å². The summed E-state index contributed by atoms with van der Waals surface area (Å²) >= 11 is 0. The molecule has 0 aliphatic carbocycles. The molecule has 2 nitrogen and oxygen atoms in total. The number of aliphatic hydroxyl groups is 2. The fourth-order valence-corrected chi connectivity index (χ4v) is 1.75. The van der Waals surface area contributed by atoms with Crippen molar-refractivity contribution in [1.82, 2.24) is 0 Å². The Bertz CT molecular complexity index is 121. The molecule has 3 unspecified atom stereocenters. The first kappa shape index (κ1) is 12.9. The molecule has 0 aromatic carbocycles. The monoisotopic (exact) mass is 188 g/mol. The van der Waals surface area contributed by atoms with Gasteiger partial charge in [0.1, 0.15) is 0 Å². The molecule has 0 bridgehead atoms. The van der Waals surface area contributed by atoms with E-state index in [1.165, 1.54) is 0 Å². The van der Waals surface area contributed by atoms with E-state index < -0.39 is 6.10 Å². The van der Waals surface area contributed by atoms with Crippen molar-refractivity contribution in [2.24, 2.45) is 11.8 Å². The van der Waals surface area contributed by atoms with E-state index >= 15 is 0 Å². The molecule has 2 heteroatoms. The van der Waals surface area contributed by atoms with Crippen LogP contribution in [-0.2, 0) is 0 Å². The minimum atomic E-state index is -0.395. The lowest BCUT2D eigenvalue weighted by Crippen LogP contribution is -2.30. The van der Waals surface area contributed by atoms with Crippen LogP contribution in [0.4, 0.5) is 0 Å². The van der Waals surface area contributed by atoms with Crippen molar-refractivity contribution in [2.45, 2.75) is 59.2 Å². The second-order valence-electron chi connectivity index (χ2n) is 4.39. The molecule has 3 atom stereocenters. The minimum Gasteiger partial charge on any atom is -0.393 e. The molecular weight excluding hydrogens is 164 g/mol. The molecule has 0 aliphatic rings. The van der Waals surface area contributed by atoms with Crippen LogP contribution in [0, 0.1) is 11.8 Å². The molecule has 0 saturated heterocycles. The molecule has 0 heterocycles. The Morgan fingerprint density at radius 3 is 1.92 bits per heavy atom. The van der Waals surface area contributed by atoms with E-state index in [-0.39, 0.29) is 12.0 Å². The number of aliphatic hydroxyl groups excluding tert-OH is 2. The molecule has 80 valence electrons. The van der Waals surface area contributed by atoms with Gasteiger partial charge in [-0.25, -0.2) is 0 Å². The average molecular weight is 188 g/mol. The third kappa shape index (κ3) is 5.27. The highest BCUT2D eigenvalue weighted by Gasteiger charge is 2.23. The number of rotatable bonds is 6. The second kappa shape index (κ2) is 6.39. The molecule has 0 saturated carbocycles. The largest absolute Gasteiger partial charge is 0.393 e. The van der Waals surface area contributed by atoms with Crippen molar-refractivity contribution in [3.63, 3.8) is 0 Å². The molecule has 13 heavy (non-hydrogen) atoms. The van der Waals surface area contributed by atoms with E-state index in [4.69, 9.17) is 0 Å². The Morgan fingerprint density at radius 1 is 1.08 bits per heavy atom. The summed E-state index contributed by atoms with van der Waals surface area (Å²) in [5.74, 6) is 0.542. The molecule has 0 aliphatic heterocycles. The third-order valence-corrected chi connectivity index (χ3v) is 2.45. The van der Waals surface area contributed by atoms with Gasteiger partial charge in [0.05, 0.1) is 12.2 Å². The van der Waals surface area contributed by atoms with Crippen LogP contribution in [0.1, 0.15) is 47.0 Å². The van der Waals surface area contributed by atoms with Crippen LogP contribution in [0.2, 0.25) is 0 Å². The molecule has 2 N–H and O–H groups in total. The quantitative estimate of drug-likeness (QED) is 0.671. The van der Waals surface area contributed by atoms with Gasteiger partial charge >= 0.3 is 0 Å². The first-order chi connectivity index (χ1) is 5.99. The SMILES string of the molecule is CCCC(C(C)O)C(O)CC(C)C. The number of hydrogen-bond acceptors (Lipinski definition) is 2. The van der Waals surface area contributed by atoms with Gasteiger partial charge in [-0.3, -0.25) is 0 Å². The van der Waals surface area contributed by atoms with Gasteiger partial charge in [0.15, 0.2) is 0 Å². The zero-order valence-electron chi connectivity index (χ0n) is 9.33. The van der Waals surface area contributed by atoms with Gasteiger partial charge in [-0.05, 0) is 25.7 Å². The predicted octanol–water partition coefficient (Wildman–Crippen LogP) is 2.19. The van der Waals surface area contributed by atoms with Crippen molar-refractivity contribution in [3.05, 3.63) is 0 Å².